The third kappa shape index (κ3) is 1.49. The summed E-state index contributed by atoms with van der Waals surface area (Å²) in [4.78, 5) is 2.29. The van der Waals surface area contributed by atoms with E-state index in [1.807, 2.05) is 0 Å². The lowest BCUT2D eigenvalue weighted by Gasteiger charge is -2.15. The molecule has 0 aromatic heterocycles. The van der Waals surface area contributed by atoms with Crippen LogP contribution in [0.4, 0.5) is 4.39 Å². The van der Waals surface area contributed by atoms with Gasteiger partial charge in [-0.25, -0.2) is 4.39 Å². The van der Waals surface area contributed by atoms with E-state index in [-0.39, 0.29) is 6.67 Å². The summed E-state index contributed by atoms with van der Waals surface area (Å²) in [6.45, 7) is 5.17. The minimum absolute atomic E-state index is 0.172. The fourth-order valence-corrected chi connectivity index (χ4v) is 3.00. The quantitative estimate of drug-likeness (QED) is 0.613. The summed E-state index contributed by atoms with van der Waals surface area (Å²) in [7, 11) is 0. The molecule has 12 heavy (non-hydrogen) atoms. The monoisotopic (exact) mass is 171 g/mol. The first-order valence-electron chi connectivity index (χ1n) is 5.08. The molecule has 2 atom stereocenters. The van der Waals surface area contributed by atoms with Crippen molar-refractivity contribution in [1.82, 2.24) is 4.90 Å². The number of nitrogens with zero attached hydrogens (tertiary/aromatic N) is 1. The Morgan fingerprint density at radius 2 is 1.83 bits per heavy atom. The van der Waals surface area contributed by atoms with Gasteiger partial charge in [-0.05, 0) is 30.6 Å². The van der Waals surface area contributed by atoms with Gasteiger partial charge in [0.05, 0.1) is 0 Å². The van der Waals surface area contributed by atoms with E-state index in [9.17, 15) is 4.39 Å². The van der Waals surface area contributed by atoms with Crippen molar-refractivity contribution in [2.24, 2.45) is 17.8 Å². The molecular formula is C10H18FN. The van der Waals surface area contributed by atoms with Gasteiger partial charge in [0, 0.05) is 19.6 Å². The van der Waals surface area contributed by atoms with Gasteiger partial charge >= 0.3 is 0 Å². The Labute approximate surface area is 73.9 Å². The molecule has 2 fully saturated rings. The first-order valence-corrected chi connectivity index (χ1v) is 5.08. The van der Waals surface area contributed by atoms with Crippen LogP contribution in [0.25, 0.3) is 0 Å². The molecular weight excluding hydrogens is 153 g/mol. The molecule has 2 rings (SSSR count). The van der Waals surface area contributed by atoms with Gasteiger partial charge < -0.3 is 4.90 Å². The molecule has 0 aromatic rings. The Morgan fingerprint density at radius 3 is 2.33 bits per heavy atom. The molecule has 0 bridgehead atoms. The minimum Gasteiger partial charge on any atom is -0.300 e. The van der Waals surface area contributed by atoms with Gasteiger partial charge in [0.2, 0.25) is 0 Å². The first-order chi connectivity index (χ1) is 5.79. The van der Waals surface area contributed by atoms with E-state index < -0.39 is 0 Å². The highest BCUT2D eigenvalue weighted by Crippen LogP contribution is 2.40. The zero-order valence-electron chi connectivity index (χ0n) is 7.80. The van der Waals surface area contributed by atoms with Gasteiger partial charge in [0.15, 0.2) is 0 Å². The Bertz CT molecular complexity index is 146. The van der Waals surface area contributed by atoms with Gasteiger partial charge in [-0.3, -0.25) is 0 Å². The van der Waals surface area contributed by atoms with Gasteiger partial charge in [-0.2, -0.15) is 0 Å². The third-order valence-corrected chi connectivity index (χ3v) is 3.46. The van der Waals surface area contributed by atoms with Crippen LogP contribution in [-0.2, 0) is 0 Å². The van der Waals surface area contributed by atoms with Crippen molar-refractivity contribution in [3.63, 3.8) is 0 Å². The Hall–Kier alpha value is -0.110. The van der Waals surface area contributed by atoms with E-state index in [1.165, 1.54) is 25.9 Å². The summed E-state index contributed by atoms with van der Waals surface area (Å²) >= 11 is 0. The zero-order chi connectivity index (χ0) is 8.55. The summed E-state index contributed by atoms with van der Waals surface area (Å²) in [5, 5.41) is 0. The molecule has 70 valence electrons. The third-order valence-electron chi connectivity index (χ3n) is 3.46. The Kier molecular flexibility index (Phi) is 2.35. The van der Waals surface area contributed by atoms with Crippen molar-refractivity contribution in [1.29, 1.82) is 0 Å². The molecule has 1 saturated heterocycles. The number of halogens is 1. The molecule has 1 saturated carbocycles. The van der Waals surface area contributed by atoms with E-state index >= 15 is 0 Å². The molecule has 0 N–H and O–H groups in total. The normalized spacial score (nSPS) is 42.0. The zero-order valence-corrected chi connectivity index (χ0v) is 7.80. The summed E-state index contributed by atoms with van der Waals surface area (Å²) < 4.78 is 12.1. The molecule has 1 heterocycles. The molecule has 2 heteroatoms. The maximum atomic E-state index is 12.1. The lowest BCUT2D eigenvalue weighted by molar-refractivity contribution is 0.271. The maximum absolute atomic E-state index is 12.1. The summed E-state index contributed by atoms with van der Waals surface area (Å²) in [6.07, 6.45) is 2.76. The summed E-state index contributed by atoms with van der Waals surface area (Å²) in [5.74, 6) is 2.71. The van der Waals surface area contributed by atoms with Crippen molar-refractivity contribution < 1.29 is 4.39 Å². The van der Waals surface area contributed by atoms with Crippen LogP contribution in [0, 0.1) is 17.8 Å². The van der Waals surface area contributed by atoms with Gasteiger partial charge in [-0.1, -0.05) is 6.92 Å². The van der Waals surface area contributed by atoms with Crippen molar-refractivity contribution in [3.05, 3.63) is 0 Å². The Balaban J connectivity index is 1.85. The van der Waals surface area contributed by atoms with Crippen LogP contribution in [-0.4, -0.2) is 31.2 Å². The molecule has 0 amide bonds. The predicted molar refractivity (Wildman–Crippen MR) is 47.8 cm³/mol. The lowest BCUT2D eigenvalue weighted by atomic mass is 10.0. The van der Waals surface area contributed by atoms with E-state index in [1.54, 1.807) is 0 Å². The fraction of sp³-hybridized carbons (Fsp3) is 1.00. The SMILES string of the molecule is CC1CC2CN(CCF)CC2C1. The van der Waals surface area contributed by atoms with Gasteiger partial charge in [-0.15, -0.1) is 0 Å². The summed E-state index contributed by atoms with van der Waals surface area (Å²) in [6, 6.07) is 0. The predicted octanol–water partition coefficient (Wildman–Crippen LogP) is 1.93. The second-order valence-electron chi connectivity index (χ2n) is 4.55. The number of rotatable bonds is 2. The van der Waals surface area contributed by atoms with Gasteiger partial charge in [0.1, 0.15) is 6.67 Å². The highest BCUT2D eigenvalue weighted by molar-refractivity contribution is 4.90. The van der Waals surface area contributed by atoms with Crippen molar-refractivity contribution >= 4 is 0 Å². The fourth-order valence-electron chi connectivity index (χ4n) is 3.00. The van der Waals surface area contributed by atoms with Crippen molar-refractivity contribution in [2.45, 2.75) is 19.8 Å². The minimum atomic E-state index is -0.172. The van der Waals surface area contributed by atoms with Crippen molar-refractivity contribution in [2.75, 3.05) is 26.3 Å². The first kappa shape index (κ1) is 8.49. The molecule has 1 nitrogen and oxygen atoms in total. The van der Waals surface area contributed by atoms with Crippen LogP contribution in [0.5, 0.6) is 0 Å². The molecule has 2 aliphatic rings. The second-order valence-corrected chi connectivity index (χ2v) is 4.55. The topological polar surface area (TPSA) is 3.24 Å². The van der Waals surface area contributed by atoms with E-state index in [2.05, 4.69) is 11.8 Å². The highest BCUT2D eigenvalue weighted by Gasteiger charge is 2.38. The van der Waals surface area contributed by atoms with Crippen LogP contribution < -0.4 is 0 Å². The van der Waals surface area contributed by atoms with Crippen LogP contribution in [0.3, 0.4) is 0 Å². The smallest absolute Gasteiger partial charge is 0.102 e. The standard InChI is InChI=1S/C10H18FN/c1-8-4-9-6-12(3-2-11)7-10(9)5-8/h8-10H,2-7H2,1H3. The largest absolute Gasteiger partial charge is 0.300 e. The molecule has 2 unspecified atom stereocenters. The number of fused-ring (bicyclic) bond motifs is 1. The molecule has 1 aliphatic heterocycles. The number of hydrogen-bond acceptors (Lipinski definition) is 1. The van der Waals surface area contributed by atoms with Crippen LogP contribution in [0.2, 0.25) is 0 Å². The average Bonchev–Trinajstić information content (AvgIpc) is 2.44. The number of hydrogen-bond donors (Lipinski definition) is 0. The lowest BCUT2D eigenvalue weighted by Crippen LogP contribution is -2.24. The second kappa shape index (κ2) is 3.33. The van der Waals surface area contributed by atoms with E-state index in [0.29, 0.717) is 6.54 Å². The summed E-state index contributed by atoms with van der Waals surface area (Å²) in [5.41, 5.74) is 0. The van der Waals surface area contributed by atoms with Crippen LogP contribution >= 0.6 is 0 Å². The Morgan fingerprint density at radius 1 is 1.25 bits per heavy atom. The van der Waals surface area contributed by atoms with Gasteiger partial charge in [0.25, 0.3) is 0 Å². The molecule has 0 aromatic carbocycles. The molecule has 0 spiro atoms. The maximum Gasteiger partial charge on any atom is 0.102 e. The highest BCUT2D eigenvalue weighted by atomic mass is 19.1. The molecule has 0 radical (unpaired) electrons. The average molecular weight is 171 g/mol. The number of alkyl halides is 1. The molecule has 1 aliphatic carbocycles. The van der Waals surface area contributed by atoms with E-state index in [0.717, 1.165) is 17.8 Å². The van der Waals surface area contributed by atoms with E-state index in [4.69, 9.17) is 0 Å². The number of likely N-dealkylation sites (tertiary alicyclic amines) is 1. The van der Waals surface area contributed by atoms with Crippen molar-refractivity contribution in [3.8, 4) is 0 Å². The van der Waals surface area contributed by atoms with Crippen LogP contribution in [0.15, 0.2) is 0 Å². The van der Waals surface area contributed by atoms with Crippen LogP contribution in [0.1, 0.15) is 19.8 Å².